The molecule has 1 amide bonds. The fraction of sp³-hybridized carbons (Fsp3) is 0.345. The minimum Gasteiger partial charge on any atom is -0.434 e. The van der Waals surface area contributed by atoms with E-state index in [1.165, 1.54) is 10.7 Å². The second kappa shape index (κ2) is 11.4. The third-order valence-corrected chi connectivity index (χ3v) is 7.39. The maximum atomic E-state index is 13.1. The summed E-state index contributed by atoms with van der Waals surface area (Å²) in [6.07, 6.45) is 3.55. The van der Waals surface area contributed by atoms with Gasteiger partial charge in [-0.15, -0.1) is 0 Å². The van der Waals surface area contributed by atoms with Crippen LogP contribution < -0.4 is 15.2 Å². The molecule has 10 nitrogen and oxygen atoms in total. The molecule has 1 aliphatic heterocycles. The zero-order valence-electron chi connectivity index (χ0n) is 22.9. The molecule has 0 radical (unpaired) electrons. The van der Waals surface area contributed by atoms with E-state index in [-0.39, 0.29) is 36.2 Å². The summed E-state index contributed by atoms with van der Waals surface area (Å²) in [6, 6.07) is 12.1. The van der Waals surface area contributed by atoms with Crippen molar-refractivity contribution in [2.45, 2.75) is 39.5 Å². The number of benzene rings is 2. The average Bonchev–Trinajstić information content (AvgIpc) is 3.18. The van der Waals surface area contributed by atoms with Crippen molar-refractivity contribution in [3.05, 3.63) is 70.3 Å². The maximum absolute atomic E-state index is 13.1. The molecule has 0 saturated carbocycles. The fourth-order valence-electron chi connectivity index (χ4n) is 5.31. The fourth-order valence-corrected chi connectivity index (χ4v) is 5.31. The lowest BCUT2D eigenvalue weighted by atomic mass is 10.1. The van der Waals surface area contributed by atoms with E-state index in [0.717, 1.165) is 11.1 Å². The molecular weight excluding hydrogens is 532 g/mol. The summed E-state index contributed by atoms with van der Waals surface area (Å²) in [7, 11) is 1.61. The number of halogens is 2. The average molecular weight is 562 g/mol. The van der Waals surface area contributed by atoms with Gasteiger partial charge in [-0.25, -0.2) is 9.97 Å². The summed E-state index contributed by atoms with van der Waals surface area (Å²) < 4.78 is 34.1. The van der Waals surface area contributed by atoms with E-state index < -0.39 is 6.61 Å². The Labute approximate surface area is 235 Å². The lowest BCUT2D eigenvalue weighted by Gasteiger charge is -2.39. The Hall–Kier alpha value is -4.79. The molecule has 2 aromatic carbocycles. The summed E-state index contributed by atoms with van der Waals surface area (Å²) in [4.78, 5) is 37.8. The minimum atomic E-state index is -3.02. The third kappa shape index (κ3) is 5.61. The second-order valence-corrected chi connectivity index (χ2v) is 10.1. The lowest BCUT2D eigenvalue weighted by molar-refractivity contribution is -0.131. The van der Waals surface area contributed by atoms with Crippen LogP contribution in [0, 0.1) is 11.3 Å². The zero-order valence-corrected chi connectivity index (χ0v) is 22.9. The second-order valence-electron chi connectivity index (χ2n) is 10.1. The van der Waals surface area contributed by atoms with Gasteiger partial charge < -0.3 is 14.5 Å². The largest absolute Gasteiger partial charge is 0.434 e. The Kier molecular flexibility index (Phi) is 7.70. The van der Waals surface area contributed by atoms with Crippen LogP contribution in [0.3, 0.4) is 0 Å². The molecule has 0 spiro atoms. The highest BCUT2D eigenvalue weighted by Crippen LogP contribution is 2.28. The summed E-state index contributed by atoms with van der Waals surface area (Å²) >= 11 is 0. The van der Waals surface area contributed by atoms with Gasteiger partial charge >= 0.3 is 6.61 Å². The van der Waals surface area contributed by atoms with Gasteiger partial charge in [-0.2, -0.15) is 14.0 Å². The smallest absolute Gasteiger partial charge is 0.387 e. The van der Waals surface area contributed by atoms with Gasteiger partial charge in [0.2, 0.25) is 11.9 Å². The van der Waals surface area contributed by atoms with E-state index in [0.29, 0.717) is 47.6 Å². The Balaban J connectivity index is 1.46. The van der Waals surface area contributed by atoms with E-state index in [4.69, 9.17) is 10.00 Å². The number of aromatic nitrogens is 4. The van der Waals surface area contributed by atoms with Crippen LogP contribution in [-0.4, -0.2) is 62.4 Å². The molecule has 2 aromatic heterocycles. The molecule has 0 bridgehead atoms. The van der Waals surface area contributed by atoms with Crippen molar-refractivity contribution in [2.75, 3.05) is 24.5 Å². The van der Waals surface area contributed by atoms with Crippen molar-refractivity contribution in [2.24, 2.45) is 7.05 Å². The SMILES string of the molecule is CC(=O)N1CCN(c2ncc(-c3ccc4c(=O)n(C)n(Cc5cc(CC#N)ccc5OC(F)F)c4c3)cn2)C[C@H]1C. The number of hydrogen-bond donors (Lipinski definition) is 0. The number of carbonyl (C=O) groups is 1. The van der Waals surface area contributed by atoms with Gasteiger partial charge in [0.25, 0.3) is 5.56 Å². The highest BCUT2D eigenvalue weighted by molar-refractivity contribution is 5.84. The normalized spacial score (nSPS) is 15.4. The quantitative estimate of drug-likeness (QED) is 0.339. The minimum absolute atomic E-state index is 0.0189. The Bertz CT molecular complexity index is 1690. The predicted octanol–water partition coefficient (Wildman–Crippen LogP) is 3.57. The van der Waals surface area contributed by atoms with Crippen molar-refractivity contribution < 1.29 is 18.3 Å². The zero-order chi connectivity index (χ0) is 29.3. The number of amides is 1. The molecular formula is C29H29F2N7O3. The standard InChI is InChI=1S/C29H29F2N7O3/c1-18-16-36(10-11-37(18)19(2)39)29-33-14-23(15-34-29)21-5-6-24-25(13-21)38(35(3)27(24)40)17-22-12-20(8-9-32)4-7-26(22)41-28(30)31/h4-7,12-15,18,28H,8,10-11,16-17H2,1-3H3/t18-/m1/s1. The number of ether oxygens (including phenoxy) is 1. The van der Waals surface area contributed by atoms with Crippen LogP contribution in [0.5, 0.6) is 5.75 Å². The number of nitrogens with zero attached hydrogens (tertiary/aromatic N) is 7. The van der Waals surface area contributed by atoms with Crippen molar-refractivity contribution in [3.8, 4) is 22.9 Å². The van der Waals surface area contributed by atoms with Crippen LogP contribution in [0.15, 0.2) is 53.6 Å². The molecule has 5 rings (SSSR count). The summed E-state index contributed by atoms with van der Waals surface area (Å²) in [6.45, 7) is 2.50. The van der Waals surface area contributed by atoms with E-state index >= 15 is 0 Å². The van der Waals surface area contributed by atoms with Crippen LogP contribution in [0.2, 0.25) is 0 Å². The Morgan fingerprint density at radius 2 is 1.90 bits per heavy atom. The van der Waals surface area contributed by atoms with Gasteiger partial charge in [0, 0.05) is 63.2 Å². The van der Waals surface area contributed by atoms with Gasteiger partial charge in [0.1, 0.15) is 5.75 Å². The highest BCUT2D eigenvalue weighted by atomic mass is 19.3. The van der Waals surface area contributed by atoms with Crippen LogP contribution in [0.1, 0.15) is 25.0 Å². The summed E-state index contributed by atoms with van der Waals surface area (Å²) in [5.41, 5.74) is 2.96. The molecule has 0 N–H and O–H groups in total. The van der Waals surface area contributed by atoms with Crippen molar-refractivity contribution >= 4 is 22.8 Å². The first kappa shape index (κ1) is 27.8. The summed E-state index contributed by atoms with van der Waals surface area (Å²) in [5.74, 6) is 0.607. The predicted molar refractivity (Wildman–Crippen MR) is 149 cm³/mol. The lowest BCUT2D eigenvalue weighted by Crippen LogP contribution is -2.53. The number of rotatable bonds is 7. The van der Waals surface area contributed by atoms with Crippen molar-refractivity contribution in [1.29, 1.82) is 5.26 Å². The highest BCUT2D eigenvalue weighted by Gasteiger charge is 2.26. The van der Waals surface area contributed by atoms with E-state index in [1.54, 1.807) is 49.2 Å². The van der Waals surface area contributed by atoms with Crippen molar-refractivity contribution in [1.82, 2.24) is 24.2 Å². The van der Waals surface area contributed by atoms with Gasteiger partial charge in [0.05, 0.1) is 29.9 Å². The molecule has 1 saturated heterocycles. The van der Waals surface area contributed by atoms with Crippen LogP contribution in [0.4, 0.5) is 14.7 Å². The van der Waals surface area contributed by atoms with E-state index in [9.17, 15) is 18.4 Å². The molecule has 0 unspecified atom stereocenters. The first-order chi connectivity index (χ1) is 19.7. The molecule has 212 valence electrons. The number of hydrogen-bond acceptors (Lipinski definition) is 7. The van der Waals surface area contributed by atoms with Crippen LogP contribution in [0.25, 0.3) is 22.0 Å². The molecule has 41 heavy (non-hydrogen) atoms. The van der Waals surface area contributed by atoms with Crippen molar-refractivity contribution in [3.63, 3.8) is 0 Å². The third-order valence-electron chi connectivity index (χ3n) is 7.39. The molecule has 1 fully saturated rings. The molecule has 12 heteroatoms. The molecule has 3 heterocycles. The maximum Gasteiger partial charge on any atom is 0.387 e. The number of piperazine rings is 1. The topological polar surface area (TPSA) is 109 Å². The van der Waals surface area contributed by atoms with E-state index in [1.807, 2.05) is 28.9 Å². The summed E-state index contributed by atoms with van der Waals surface area (Å²) in [5, 5.41) is 9.57. The number of alkyl halides is 2. The number of fused-ring (bicyclic) bond motifs is 1. The van der Waals surface area contributed by atoms with Gasteiger partial charge in [-0.3, -0.25) is 19.0 Å². The first-order valence-electron chi connectivity index (χ1n) is 13.1. The molecule has 0 aliphatic carbocycles. The van der Waals surface area contributed by atoms with Crippen LogP contribution in [-0.2, 0) is 24.8 Å². The number of nitriles is 1. The van der Waals surface area contributed by atoms with Gasteiger partial charge in [-0.1, -0.05) is 12.1 Å². The number of carbonyl (C=O) groups excluding carboxylic acids is 1. The van der Waals surface area contributed by atoms with Gasteiger partial charge in [0.15, 0.2) is 0 Å². The monoisotopic (exact) mass is 561 g/mol. The van der Waals surface area contributed by atoms with Crippen LogP contribution >= 0.6 is 0 Å². The Morgan fingerprint density at radius 1 is 1.15 bits per heavy atom. The molecule has 1 aliphatic rings. The van der Waals surface area contributed by atoms with E-state index in [2.05, 4.69) is 16.0 Å². The molecule has 4 aromatic rings. The van der Waals surface area contributed by atoms with Gasteiger partial charge in [-0.05, 0) is 42.3 Å². The molecule has 1 atom stereocenters. The Morgan fingerprint density at radius 3 is 2.56 bits per heavy atom. The first-order valence-corrected chi connectivity index (χ1v) is 13.1. The number of anilines is 1.